The molecule has 0 N–H and O–H groups in total. The summed E-state index contributed by atoms with van der Waals surface area (Å²) in [7, 11) is 0. The van der Waals surface area contributed by atoms with Crippen molar-refractivity contribution in [2.75, 3.05) is 5.75 Å². The zero-order chi connectivity index (χ0) is 9.78. The Bertz CT molecular complexity index is 116. The largest absolute Gasteiger partial charge is 0.159 e. The molecule has 1 heteroatoms. The zero-order valence-corrected chi connectivity index (χ0v) is 10.3. The van der Waals surface area contributed by atoms with Crippen molar-refractivity contribution in [3.05, 3.63) is 0 Å². The van der Waals surface area contributed by atoms with Crippen LogP contribution in [0.2, 0.25) is 0 Å². The van der Waals surface area contributed by atoms with Gasteiger partial charge in [0, 0.05) is 0 Å². The molecular formula is C11H24S. The molecule has 0 aromatic heterocycles. The average molecular weight is 188 g/mol. The molecule has 0 spiro atoms. The van der Waals surface area contributed by atoms with Crippen LogP contribution in [-0.4, -0.2) is 11.0 Å². The van der Waals surface area contributed by atoms with Crippen molar-refractivity contribution in [1.82, 2.24) is 0 Å². The van der Waals surface area contributed by atoms with Crippen molar-refractivity contribution in [3.8, 4) is 0 Å². The van der Waals surface area contributed by atoms with Gasteiger partial charge >= 0.3 is 0 Å². The molecule has 0 saturated carbocycles. The highest BCUT2D eigenvalue weighted by atomic mass is 32.2. The quantitative estimate of drug-likeness (QED) is 0.623. The van der Waals surface area contributed by atoms with Gasteiger partial charge in [0.2, 0.25) is 0 Å². The minimum Gasteiger partial charge on any atom is -0.159 e. The Kier molecular flexibility index (Phi) is 5.31. The lowest BCUT2D eigenvalue weighted by Crippen LogP contribution is -2.22. The van der Waals surface area contributed by atoms with Crippen molar-refractivity contribution in [3.63, 3.8) is 0 Å². The summed E-state index contributed by atoms with van der Waals surface area (Å²) in [4.78, 5) is 0. The van der Waals surface area contributed by atoms with E-state index in [-0.39, 0.29) is 0 Å². The molecule has 0 aromatic rings. The van der Waals surface area contributed by atoms with Crippen LogP contribution in [-0.2, 0) is 0 Å². The van der Waals surface area contributed by atoms with Crippen LogP contribution < -0.4 is 0 Å². The van der Waals surface area contributed by atoms with Crippen LogP contribution in [0.5, 0.6) is 0 Å². The summed E-state index contributed by atoms with van der Waals surface area (Å²) in [6, 6.07) is 0. The second-order valence-corrected chi connectivity index (χ2v) is 6.23. The number of thioether (sulfide) groups is 1. The molecule has 0 fully saturated rings. The first kappa shape index (κ1) is 12.3. The Morgan fingerprint density at radius 1 is 1.17 bits per heavy atom. The topological polar surface area (TPSA) is 0 Å². The van der Waals surface area contributed by atoms with Gasteiger partial charge in [-0.05, 0) is 22.3 Å². The molecule has 0 aliphatic carbocycles. The van der Waals surface area contributed by atoms with Crippen LogP contribution in [0, 0.1) is 11.3 Å². The molecule has 0 heterocycles. The molecular weight excluding hydrogens is 164 g/mol. The third-order valence-corrected chi connectivity index (χ3v) is 4.28. The monoisotopic (exact) mass is 188 g/mol. The molecule has 0 nitrogen and oxygen atoms in total. The van der Waals surface area contributed by atoms with Crippen LogP contribution in [0.4, 0.5) is 0 Å². The Hall–Kier alpha value is 0.350. The van der Waals surface area contributed by atoms with Crippen LogP contribution in [0.3, 0.4) is 0 Å². The van der Waals surface area contributed by atoms with E-state index in [0.29, 0.717) is 5.41 Å². The van der Waals surface area contributed by atoms with Gasteiger partial charge in [0.1, 0.15) is 0 Å². The van der Waals surface area contributed by atoms with Gasteiger partial charge in [-0.2, -0.15) is 11.8 Å². The zero-order valence-electron chi connectivity index (χ0n) is 9.48. The highest BCUT2D eigenvalue weighted by molar-refractivity contribution is 7.99. The average Bonchev–Trinajstić information content (AvgIpc) is 2.00. The summed E-state index contributed by atoms with van der Waals surface area (Å²) in [6.45, 7) is 14.0. The molecule has 1 atom stereocenters. The molecule has 12 heavy (non-hydrogen) atoms. The van der Waals surface area contributed by atoms with E-state index in [9.17, 15) is 0 Å². The van der Waals surface area contributed by atoms with E-state index in [4.69, 9.17) is 0 Å². The molecule has 0 bridgehead atoms. The number of hydrogen-bond acceptors (Lipinski definition) is 1. The predicted molar refractivity (Wildman–Crippen MR) is 60.8 cm³/mol. The first-order valence-corrected chi connectivity index (χ1v) is 6.06. The summed E-state index contributed by atoms with van der Waals surface area (Å²) in [5.74, 6) is 2.13. The van der Waals surface area contributed by atoms with Gasteiger partial charge in [0.25, 0.3) is 0 Å². The van der Waals surface area contributed by atoms with Crippen LogP contribution >= 0.6 is 11.8 Å². The fourth-order valence-corrected chi connectivity index (χ4v) is 2.04. The second kappa shape index (κ2) is 5.16. The SMILES string of the molecule is CCC(C)(C)C(C)CSC(C)C. The maximum atomic E-state index is 2.37. The van der Waals surface area contributed by atoms with Crippen LogP contribution in [0.1, 0.15) is 48.0 Å². The van der Waals surface area contributed by atoms with Crippen LogP contribution in [0.25, 0.3) is 0 Å². The predicted octanol–water partition coefficient (Wildman–Crippen LogP) is 4.20. The summed E-state index contributed by atoms with van der Waals surface area (Å²) >= 11 is 2.08. The minimum atomic E-state index is 0.516. The second-order valence-electron chi connectivity index (χ2n) is 4.63. The number of rotatable bonds is 5. The molecule has 1 unspecified atom stereocenters. The molecule has 0 aliphatic rings. The van der Waals surface area contributed by atoms with E-state index in [2.05, 4.69) is 53.3 Å². The van der Waals surface area contributed by atoms with E-state index >= 15 is 0 Å². The molecule has 0 radical (unpaired) electrons. The van der Waals surface area contributed by atoms with Crippen molar-refractivity contribution in [2.24, 2.45) is 11.3 Å². The Balaban J connectivity index is 3.78. The van der Waals surface area contributed by atoms with Gasteiger partial charge in [-0.15, -0.1) is 0 Å². The van der Waals surface area contributed by atoms with Crippen LogP contribution in [0.15, 0.2) is 0 Å². The lowest BCUT2D eigenvalue weighted by Gasteiger charge is -2.30. The Morgan fingerprint density at radius 3 is 2.00 bits per heavy atom. The van der Waals surface area contributed by atoms with Crippen molar-refractivity contribution < 1.29 is 0 Å². The first-order chi connectivity index (χ1) is 5.40. The third kappa shape index (κ3) is 4.39. The van der Waals surface area contributed by atoms with Crippen molar-refractivity contribution in [2.45, 2.75) is 53.2 Å². The molecule has 74 valence electrons. The summed E-state index contributed by atoms with van der Waals surface area (Å²) < 4.78 is 0. The normalized spacial score (nSPS) is 15.2. The van der Waals surface area contributed by atoms with Gasteiger partial charge < -0.3 is 0 Å². The molecule has 0 amide bonds. The maximum absolute atomic E-state index is 2.37. The maximum Gasteiger partial charge on any atom is -0.000958 e. The van der Waals surface area contributed by atoms with Gasteiger partial charge in [0.05, 0.1) is 0 Å². The van der Waals surface area contributed by atoms with E-state index in [0.717, 1.165) is 11.2 Å². The Labute approximate surface area is 82.5 Å². The Morgan fingerprint density at radius 2 is 1.67 bits per heavy atom. The minimum absolute atomic E-state index is 0.516. The van der Waals surface area contributed by atoms with Gasteiger partial charge in [-0.1, -0.05) is 48.0 Å². The van der Waals surface area contributed by atoms with E-state index in [1.54, 1.807) is 0 Å². The molecule has 0 aliphatic heterocycles. The molecule has 0 rings (SSSR count). The van der Waals surface area contributed by atoms with Crippen molar-refractivity contribution in [1.29, 1.82) is 0 Å². The van der Waals surface area contributed by atoms with E-state index in [1.807, 2.05) is 0 Å². The summed E-state index contributed by atoms with van der Waals surface area (Å²) in [6.07, 6.45) is 1.28. The molecule has 0 aromatic carbocycles. The standard InChI is InChI=1S/C11H24S/c1-7-11(5,6)10(4)8-12-9(2)3/h9-10H,7-8H2,1-6H3. The molecule has 0 saturated heterocycles. The first-order valence-electron chi connectivity index (χ1n) is 5.01. The summed E-state index contributed by atoms with van der Waals surface area (Å²) in [5, 5.41) is 0.778. The van der Waals surface area contributed by atoms with Gasteiger partial charge in [0.15, 0.2) is 0 Å². The van der Waals surface area contributed by atoms with E-state index < -0.39 is 0 Å². The smallest absolute Gasteiger partial charge is 0.000958 e. The third-order valence-electron chi connectivity index (χ3n) is 2.92. The lowest BCUT2D eigenvalue weighted by atomic mass is 9.79. The number of hydrogen-bond donors (Lipinski definition) is 0. The van der Waals surface area contributed by atoms with Gasteiger partial charge in [-0.25, -0.2) is 0 Å². The lowest BCUT2D eigenvalue weighted by molar-refractivity contribution is 0.244. The fraction of sp³-hybridized carbons (Fsp3) is 1.00. The fourth-order valence-electron chi connectivity index (χ4n) is 0.911. The highest BCUT2D eigenvalue weighted by Gasteiger charge is 2.23. The highest BCUT2D eigenvalue weighted by Crippen LogP contribution is 2.33. The van der Waals surface area contributed by atoms with E-state index in [1.165, 1.54) is 12.2 Å². The van der Waals surface area contributed by atoms with Crippen molar-refractivity contribution >= 4 is 11.8 Å². The van der Waals surface area contributed by atoms with Gasteiger partial charge in [-0.3, -0.25) is 0 Å². The summed E-state index contributed by atoms with van der Waals surface area (Å²) in [5.41, 5.74) is 0.516.